The fourth-order valence-corrected chi connectivity index (χ4v) is 3.77. The predicted molar refractivity (Wildman–Crippen MR) is 102 cm³/mol. The second kappa shape index (κ2) is 6.94. The zero-order chi connectivity index (χ0) is 18.1. The Kier molecular flexibility index (Phi) is 4.49. The maximum absolute atomic E-state index is 12.5. The minimum atomic E-state index is 0.220. The van der Waals surface area contributed by atoms with E-state index >= 15 is 0 Å². The van der Waals surface area contributed by atoms with Crippen molar-refractivity contribution >= 4 is 24.9 Å². The molecule has 1 saturated heterocycles. The van der Waals surface area contributed by atoms with Crippen LogP contribution in [0.25, 0.3) is 16.9 Å². The molecule has 1 fully saturated rings. The van der Waals surface area contributed by atoms with Crippen molar-refractivity contribution in [1.82, 2.24) is 19.5 Å². The number of carbonyl (C=O) groups is 1. The van der Waals surface area contributed by atoms with Crippen LogP contribution in [0.2, 0.25) is 0 Å². The summed E-state index contributed by atoms with van der Waals surface area (Å²) < 4.78 is 1.72. The van der Waals surface area contributed by atoms with Gasteiger partial charge in [-0.1, -0.05) is 49.1 Å². The Morgan fingerprint density at radius 2 is 2.08 bits per heavy atom. The van der Waals surface area contributed by atoms with E-state index < -0.39 is 0 Å². The van der Waals surface area contributed by atoms with Crippen molar-refractivity contribution in [2.75, 3.05) is 6.54 Å². The van der Waals surface area contributed by atoms with Crippen LogP contribution in [-0.2, 0) is 11.3 Å². The molecule has 3 heterocycles. The van der Waals surface area contributed by atoms with Crippen molar-refractivity contribution < 1.29 is 4.79 Å². The van der Waals surface area contributed by atoms with E-state index in [0.29, 0.717) is 24.3 Å². The first-order chi connectivity index (χ1) is 12.7. The van der Waals surface area contributed by atoms with Gasteiger partial charge in [0.25, 0.3) is 0 Å². The van der Waals surface area contributed by atoms with Gasteiger partial charge in [-0.3, -0.25) is 4.79 Å². The van der Waals surface area contributed by atoms with Crippen molar-refractivity contribution in [2.45, 2.75) is 32.7 Å². The van der Waals surface area contributed by atoms with Crippen LogP contribution >= 0.6 is 0 Å². The second-order valence-corrected chi connectivity index (χ2v) is 6.98. The van der Waals surface area contributed by atoms with Crippen LogP contribution in [0.1, 0.15) is 31.7 Å². The average Bonchev–Trinajstić information content (AvgIpc) is 3.16. The minimum absolute atomic E-state index is 0.220. The summed E-state index contributed by atoms with van der Waals surface area (Å²) in [6.07, 6.45) is 6.26. The molecule has 0 aliphatic carbocycles. The van der Waals surface area contributed by atoms with Crippen LogP contribution in [0, 0.1) is 5.92 Å². The third kappa shape index (κ3) is 3.11. The summed E-state index contributed by atoms with van der Waals surface area (Å²) in [6.45, 7) is 3.51. The lowest BCUT2D eigenvalue weighted by atomic mass is 10.0. The van der Waals surface area contributed by atoms with Gasteiger partial charge in [0.2, 0.25) is 5.91 Å². The number of likely N-dealkylation sites (tertiary alicyclic amines) is 1. The molecule has 0 N–H and O–H groups in total. The molecule has 1 aliphatic heterocycles. The smallest absolute Gasteiger partial charge is 0.223 e. The Hall–Kier alpha value is -2.63. The number of hydrogen-bond donors (Lipinski definition) is 0. The van der Waals surface area contributed by atoms with E-state index in [4.69, 9.17) is 12.9 Å². The normalized spacial score (nSPS) is 17.3. The lowest BCUT2D eigenvalue weighted by Crippen LogP contribution is -2.25. The zero-order valence-electron chi connectivity index (χ0n) is 14.9. The van der Waals surface area contributed by atoms with Crippen molar-refractivity contribution in [1.29, 1.82) is 0 Å². The number of rotatable bonds is 5. The van der Waals surface area contributed by atoms with Gasteiger partial charge in [-0.15, -0.1) is 0 Å². The van der Waals surface area contributed by atoms with Gasteiger partial charge in [0.15, 0.2) is 5.65 Å². The molecule has 0 saturated carbocycles. The molecule has 1 amide bonds. The molecule has 3 aromatic rings. The number of nitrogens with zero attached hydrogens (tertiary/aromatic N) is 4. The summed E-state index contributed by atoms with van der Waals surface area (Å²) in [4.78, 5) is 18.9. The zero-order valence-corrected chi connectivity index (χ0v) is 14.9. The summed E-state index contributed by atoms with van der Waals surface area (Å²) in [6, 6.07) is 10.0. The SMILES string of the molecule is [B]c1cnc2c(CN3CC(CCC)CC3=O)c(-c3ccccc3)nn2c1. The van der Waals surface area contributed by atoms with Crippen molar-refractivity contribution in [3.63, 3.8) is 0 Å². The van der Waals surface area contributed by atoms with E-state index in [1.807, 2.05) is 35.2 Å². The largest absolute Gasteiger partial charge is 0.338 e. The van der Waals surface area contributed by atoms with Gasteiger partial charge >= 0.3 is 0 Å². The molecule has 1 aliphatic rings. The molecule has 4 rings (SSSR count). The lowest BCUT2D eigenvalue weighted by Gasteiger charge is -2.17. The van der Waals surface area contributed by atoms with E-state index in [-0.39, 0.29) is 5.91 Å². The molecular weight excluding hydrogens is 323 g/mol. The van der Waals surface area contributed by atoms with E-state index in [2.05, 4.69) is 11.9 Å². The molecular formula is C20H21BN4O. The first-order valence-corrected chi connectivity index (χ1v) is 9.11. The van der Waals surface area contributed by atoms with Gasteiger partial charge in [-0.25, -0.2) is 9.50 Å². The minimum Gasteiger partial charge on any atom is -0.338 e. The maximum Gasteiger partial charge on any atom is 0.223 e. The highest BCUT2D eigenvalue weighted by molar-refractivity contribution is 6.31. The van der Waals surface area contributed by atoms with Gasteiger partial charge < -0.3 is 4.90 Å². The number of amides is 1. The van der Waals surface area contributed by atoms with Gasteiger partial charge in [0.1, 0.15) is 13.5 Å². The van der Waals surface area contributed by atoms with Gasteiger partial charge in [-0.2, -0.15) is 5.10 Å². The Morgan fingerprint density at radius 3 is 2.85 bits per heavy atom. The fraction of sp³-hybridized carbons (Fsp3) is 0.350. The van der Waals surface area contributed by atoms with Gasteiger partial charge in [0.05, 0.1) is 6.54 Å². The predicted octanol–water partition coefficient (Wildman–Crippen LogP) is 2.34. The van der Waals surface area contributed by atoms with Crippen LogP contribution in [0.5, 0.6) is 0 Å². The highest BCUT2D eigenvalue weighted by Crippen LogP contribution is 2.29. The summed E-state index contributed by atoms with van der Waals surface area (Å²) in [5, 5.41) is 4.70. The van der Waals surface area contributed by atoms with Gasteiger partial charge in [-0.05, 0) is 12.3 Å². The van der Waals surface area contributed by atoms with Crippen LogP contribution < -0.4 is 5.46 Å². The van der Waals surface area contributed by atoms with E-state index in [1.165, 1.54) is 0 Å². The van der Waals surface area contributed by atoms with E-state index in [0.717, 1.165) is 41.9 Å². The number of fused-ring (bicyclic) bond motifs is 1. The summed E-state index contributed by atoms with van der Waals surface area (Å²) in [7, 11) is 5.87. The first kappa shape index (κ1) is 16.8. The molecule has 1 atom stereocenters. The van der Waals surface area contributed by atoms with Crippen LogP contribution in [0.3, 0.4) is 0 Å². The standard InChI is InChI=1S/C20H21BN4O/c1-2-6-14-9-18(26)24(11-14)13-17-19(15-7-4-3-5-8-15)23-25-12-16(21)10-22-20(17)25/h3-5,7-8,10,12,14H,2,6,9,11,13H2,1H3. The number of carbonyl (C=O) groups excluding carboxylic acids is 1. The molecule has 130 valence electrons. The average molecular weight is 344 g/mol. The Balaban J connectivity index is 1.74. The molecule has 1 aromatic carbocycles. The lowest BCUT2D eigenvalue weighted by molar-refractivity contribution is -0.128. The Morgan fingerprint density at radius 1 is 1.27 bits per heavy atom. The topological polar surface area (TPSA) is 50.5 Å². The quantitative estimate of drug-likeness (QED) is 0.668. The van der Waals surface area contributed by atoms with E-state index in [9.17, 15) is 4.79 Å². The number of hydrogen-bond acceptors (Lipinski definition) is 3. The Labute approximate surface area is 154 Å². The fourth-order valence-electron chi connectivity index (χ4n) is 3.77. The highest BCUT2D eigenvalue weighted by Gasteiger charge is 2.30. The summed E-state index contributed by atoms with van der Waals surface area (Å²) in [5.41, 5.74) is 4.16. The number of aromatic nitrogens is 3. The van der Waals surface area contributed by atoms with Crippen LogP contribution in [0.4, 0.5) is 0 Å². The van der Waals surface area contributed by atoms with Crippen LogP contribution in [0.15, 0.2) is 42.7 Å². The monoisotopic (exact) mass is 344 g/mol. The van der Waals surface area contributed by atoms with Crippen LogP contribution in [-0.4, -0.2) is 39.8 Å². The third-order valence-corrected chi connectivity index (χ3v) is 4.98. The molecule has 6 heteroatoms. The van der Waals surface area contributed by atoms with Crippen molar-refractivity contribution in [3.8, 4) is 11.3 Å². The molecule has 2 aromatic heterocycles. The van der Waals surface area contributed by atoms with Crippen molar-refractivity contribution in [3.05, 3.63) is 48.3 Å². The molecule has 26 heavy (non-hydrogen) atoms. The molecule has 1 unspecified atom stereocenters. The van der Waals surface area contributed by atoms with Crippen molar-refractivity contribution in [2.24, 2.45) is 5.92 Å². The highest BCUT2D eigenvalue weighted by atomic mass is 16.2. The first-order valence-electron chi connectivity index (χ1n) is 9.11. The summed E-state index contributed by atoms with van der Waals surface area (Å²) in [5.74, 6) is 0.676. The molecule has 0 spiro atoms. The second-order valence-electron chi connectivity index (χ2n) is 6.98. The molecule has 5 nitrogen and oxygen atoms in total. The molecule has 0 bridgehead atoms. The number of benzene rings is 1. The molecule has 2 radical (unpaired) electrons. The Bertz CT molecular complexity index is 938. The van der Waals surface area contributed by atoms with Gasteiger partial charge in [0, 0.05) is 36.5 Å². The third-order valence-electron chi connectivity index (χ3n) is 4.98. The van der Waals surface area contributed by atoms with E-state index in [1.54, 1.807) is 16.9 Å². The summed E-state index contributed by atoms with van der Waals surface area (Å²) >= 11 is 0. The maximum atomic E-state index is 12.5.